The Morgan fingerprint density at radius 2 is 1.84 bits per heavy atom. The number of rotatable bonds is 10. The third kappa shape index (κ3) is 5.76. The molecule has 1 N–H and O–H groups in total. The second kappa shape index (κ2) is 9.64. The Morgan fingerprint density at radius 1 is 1.08 bits per heavy atom. The van der Waals surface area contributed by atoms with Crippen molar-refractivity contribution in [1.82, 2.24) is 4.90 Å². The topological polar surface area (TPSA) is 76.1 Å². The summed E-state index contributed by atoms with van der Waals surface area (Å²) in [7, 11) is 1.52. The highest BCUT2D eigenvalue weighted by Gasteiger charge is 2.16. The minimum absolute atomic E-state index is 0.207. The van der Waals surface area contributed by atoms with Gasteiger partial charge in [0.2, 0.25) is 5.91 Å². The number of carboxylic acid groups (broad SMARTS) is 1. The van der Waals surface area contributed by atoms with Crippen molar-refractivity contribution >= 4 is 22.6 Å². The molecule has 0 aliphatic carbocycles. The van der Waals surface area contributed by atoms with Crippen LogP contribution in [0.2, 0.25) is 0 Å². The van der Waals surface area contributed by atoms with Crippen LogP contribution in [0.1, 0.15) is 12.8 Å². The van der Waals surface area contributed by atoms with Crippen LogP contribution in [-0.4, -0.2) is 55.3 Å². The van der Waals surface area contributed by atoms with E-state index in [1.54, 1.807) is 0 Å². The van der Waals surface area contributed by atoms with Gasteiger partial charge >= 0.3 is 5.97 Å². The summed E-state index contributed by atoms with van der Waals surface area (Å²) in [6.07, 6.45) is 0.757. The second-order valence-electron chi connectivity index (χ2n) is 5.63. The van der Waals surface area contributed by atoms with E-state index in [1.165, 1.54) is 12.0 Å². The molecule has 2 aromatic rings. The van der Waals surface area contributed by atoms with Gasteiger partial charge in [-0.05, 0) is 17.9 Å². The molecule has 134 valence electrons. The first kappa shape index (κ1) is 18.7. The molecule has 0 aromatic heterocycles. The van der Waals surface area contributed by atoms with Crippen molar-refractivity contribution in [2.45, 2.75) is 12.8 Å². The van der Waals surface area contributed by atoms with Crippen LogP contribution in [0, 0.1) is 0 Å². The monoisotopic (exact) mass is 345 g/mol. The van der Waals surface area contributed by atoms with Gasteiger partial charge in [0, 0.05) is 25.5 Å². The Bertz CT molecular complexity index is 711. The molecule has 25 heavy (non-hydrogen) atoms. The van der Waals surface area contributed by atoms with Crippen molar-refractivity contribution in [3.05, 3.63) is 42.5 Å². The molecule has 2 rings (SSSR count). The largest absolute Gasteiger partial charge is 0.493 e. The summed E-state index contributed by atoms with van der Waals surface area (Å²) in [5.41, 5.74) is 0. The van der Waals surface area contributed by atoms with Gasteiger partial charge < -0.3 is 19.5 Å². The first-order valence-corrected chi connectivity index (χ1v) is 8.21. The van der Waals surface area contributed by atoms with E-state index < -0.39 is 5.97 Å². The number of hydrogen-bond donors (Lipinski definition) is 1. The van der Waals surface area contributed by atoms with Gasteiger partial charge in [0.05, 0.1) is 13.2 Å². The fraction of sp³-hybridized carbons (Fsp3) is 0.368. The van der Waals surface area contributed by atoms with Gasteiger partial charge in [0.1, 0.15) is 12.3 Å². The average Bonchev–Trinajstić information content (AvgIpc) is 2.61. The van der Waals surface area contributed by atoms with E-state index in [9.17, 15) is 9.59 Å². The van der Waals surface area contributed by atoms with Gasteiger partial charge in [0.25, 0.3) is 0 Å². The third-order valence-corrected chi connectivity index (χ3v) is 3.79. The lowest BCUT2D eigenvalue weighted by molar-refractivity contribution is -0.145. The fourth-order valence-electron chi connectivity index (χ4n) is 2.54. The molecular formula is C19H23NO5. The number of hydrogen-bond acceptors (Lipinski definition) is 4. The van der Waals surface area contributed by atoms with Crippen molar-refractivity contribution in [2.75, 3.05) is 33.4 Å². The minimum atomic E-state index is -1.03. The number of carboxylic acids is 1. The Balaban J connectivity index is 1.84. The maximum Gasteiger partial charge on any atom is 0.323 e. The second-order valence-corrected chi connectivity index (χ2v) is 5.63. The van der Waals surface area contributed by atoms with Crippen molar-refractivity contribution in [3.63, 3.8) is 0 Å². The molecule has 0 bridgehead atoms. The number of fused-ring (bicyclic) bond motifs is 1. The Morgan fingerprint density at radius 3 is 2.60 bits per heavy atom. The van der Waals surface area contributed by atoms with Crippen molar-refractivity contribution in [3.8, 4) is 5.75 Å². The molecule has 0 unspecified atom stereocenters. The molecular weight excluding hydrogens is 322 g/mol. The van der Waals surface area contributed by atoms with E-state index in [0.717, 1.165) is 16.5 Å². The Kier molecular flexibility index (Phi) is 7.22. The van der Waals surface area contributed by atoms with Gasteiger partial charge in [0.15, 0.2) is 0 Å². The SMILES string of the molecule is COCCN(CC(=O)O)C(=O)CCCOc1cccc2ccccc12. The smallest absolute Gasteiger partial charge is 0.323 e. The summed E-state index contributed by atoms with van der Waals surface area (Å²) in [5.74, 6) is -0.454. The number of carbonyl (C=O) groups excluding carboxylic acids is 1. The normalized spacial score (nSPS) is 10.6. The van der Waals surface area contributed by atoms with Crippen LogP contribution in [0.3, 0.4) is 0 Å². The van der Waals surface area contributed by atoms with Gasteiger partial charge in [-0.2, -0.15) is 0 Å². The summed E-state index contributed by atoms with van der Waals surface area (Å²) >= 11 is 0. The van der Waals surface area contributed by atoms with E-state index in [2.05, 4.69) is 0 Å². The maximum absolute atomic E-state index is 12.2. The summed E-state index contributed by atoms with van der Waals surface area (Å²) in [4.78, 5) is 24.3. The van der Waals surface area contributed by atoms with E-state index in [-0.39, 0.29) is 25.4 Å². The number of carbonyl (C=O) groups is 2. The highest BCUT2D eigenvalue weighted by atomic mass is 16.5. The zero-order chi connectivity index (χ0) is 18.1. The van der Waals surface area contributed by atoms with Crippen LogP contribution in [0.5, 0.6) is 5.75 Å². The minimum Gasteiger partial charge on any atom is -0.493 e. The molecule has 6 nitrogen and oxygen atoms in total. The quantitative estimate of drug-likeness (QED) is 0.670. The summed E-state index contributed by atoms with van der Waals surface area (Å²) in [6, 6.07) is 13.8. The Labute approximate surface area is 147 Å². The maximum atomic E-state index is 12.2. The number of nitrogens with zero attached hydrogens (tertiary/aromatic N) is 1. The summed E-state index contributed by atoms with van der Waals surface area (Å²) < 4.78 is 10.7. The third-order valence-electron chi connectivity index (χ3n) is 3.79. The molecule has 0 radical (unpaired) electrons. The number of methoxy groups -OCH3 is 1. The molecule has 0 saturated carbocycles. The number of benzene rings is 2. The molecule has 0 aliphatic rings. The van der Waals surface area contributed by atoms with E-state index >= 15 is 0 Å². The number of aliphatic carboxylic acids is 1. The fourth-order valence-corrected chi connectivity index (χ4v) is 2.54. The molecule has 6 heteroatoms. The highest BCUT2D eigenvalue weighted by Crippen LogP contribution is 2.25. The predicted molar refractivity (Wildman–Crippen MR) is 94.8 cm³/mol. The zero-order valence-electron chi connectivity index (χ0n) is 14.3. The first-order valence-electron chi connectivity index (χ1n) is 8.21. The lowest BCUT2D eigenvalue weighted by Crippen LogP contribution is -2.38. The van der Waals surface area contributed by atoms with Crippen molar-refractivity contribution in [2.24, 2.45) is 0 Å². The molecule has 2 aromatic carbocycles. The Hall–Kier alpha value is -2.60. The lowest BCUT2D eigenvalue weighted by atomic mass is 10.1. The molecule has 0 aliphatic heterocycles. The van der Waals surface area contributed by atoms with Gasteiger partial charge in [-0.25, -0.2) is 0 Å². The van der Waals surface area contributed by atoms with Crippen LogP contribution in [0.4, 0.5) is 0 Å². The van der Waals surface area contributed by atoms with Crippen LogP contribution in [0.15, 0.2) is 42.5 Å². The molecule has 0 atom stereocenters. The van der Waals surface area contributed by atoms with Gasteiger partial charge in [-0.3, -0.25) is 9.59 Å². The molecule has 0 heterocycles. The summed E-state index contributed by atoms with van der Waals surface area (Å²) in [6.45, 7) is 0.661. The van der Waals surface area contributed by atoms with E-state index in [1.807, 2.05) is 42.5 Å². The van der Waals surface area contributed by atoms with Crippen LogP contribution in [0.25, 0.3) is 10.8 Å². The zero-order valence-corrected chi connectivity index (χ0v) is 14.3. The molecule has 0 fully saturated rings. The number of amides is 1. The predicted octanol–water partition coefficient (Wildman–Crippen LogP) is 2.56. The van der Waals surface area contributed by atoms with Gasteiger partial charge in [-0.15, -0.1) is 0 Å². The van der Waals surface area contributed by atoms with Crippen molar-refractivity contribution in [1.29, 1.82) is 0 Å². The number of ether oxygens (including phenoxy) is 2. The van der Waals surface area contributed by atoms with Crippen LogP contribution >= 0.6 is 0 Å². The molecule has 0 saturated heterocycles. The average molecular weight is 345 g/mol. The van der Waals surface area contributed by atoms with Crippen molar-refractivity contribution < 1.29 is 24.2 Å². The standard InChI is InChI=1S/C19H23NO5/c1-24-13-11-20(14-19(22)23)18(21)10-5-12-25-17-9-4-7-15-6-2-3-8-16(15)17/h2-4,6-9H,5,10-14H2,1H3,(H,22,23). The van der Waals surface area contributed by atoms with E-state index in [0.29, 0.717) is 19.6 Å². The molecule has 0 spiro atoms. The van der Waals surface area contributed by atoms with Gasteiger partial charge in [-0.1, -0.05) is 36.4 Å². The lowest BCUT2D eigenvalue weighted by Gasteiger charge is -2.20. The highest BCUT2D eigenvalue weighted by molar-refractivity contribution is 5.88. The van der Waals surface area contributed by atoms with Crippen LogP contribution < -0.4 is 4.74 Å². The summed E-state index contributed by atoms with van der Waals surface area (Å²) in [5, 5.41) is 11.0. The van der Waals surface area contributed by atoms with E-state index in [4.69, 9.17) is 14.6 Å². The van der Waals surface area contributed by atoms with Crippen LogP contribution in [-0.2, 0) is 14.3 Å². The first-order chi connectivity index (χ1) is 12.1. The molecule has 1 amide bonds.